The molecule has 0 aliphatic heterocycles. The molecule has 0 atom stereocenters. The number of urea groups is 1. The van der Waals surface area contributed by atoms with Crippen molar-refractivity contribution in [2.45, 2.75) is 44.7 Å². The standard InChI is InChI=1S/C24H29BrN6O/c1-15-14-16(25)8-13-20(15)29-24(32)27-18-11-9-17(10-12-18)26-23-28-21-7-5-4-6-19(21)22(30-23)31(2)3/h4-8,13-14,17-18H,9-12H2,1-3H3,(H,26,28,30)(H2,27,29,32). The fourth-order valence-electron chi connectivity index (χ4n) is 4.14. The summed E-state index contributed by atoms with van der Waals surface area (Å²) >= 11 is 3.45. The van der Waals surface area contributed by atoms with Crippen molar-refractivity contribution in [1.29, 1.82) is 0 Å². The van der Waals surface area contributed by atoms with Gasteiger partial charge in [-0.3, -0.25) is 0 Å². The maximum Gasteiger partial charge on any atom is 0.319 e. The van der Waals surface area contributed by atoms with Crippen molar-refractivity contribution in [2.75, 3.05) is 29.6 Å². The first-order valence-corrected chi connectivity index (χ1v) is 11.7. The van der Waals surface area contributed by atoms with Crippen molar-refractivity contribution in [2.24, 2.45) is 0 Å². The van der Waals surface area contributed by atoms with Crippen LogP contribution in [0.2, 0.25) is 0 Å². The fourth-order valence-corrected chi connectivity index (χ4v) is 4.62. The van der Waals surface area contributed by atoms with Crippen molar-refractivity contribution < 1.29 is 4.79 Å². The summed E-state index contributed by atoms with van der Waals surface area (Å²) in [6, 6.07) is 14.2. The zero-order valence-electron chi connectivity index (χ0n) is 18.7. The number of rotatable bonds is 5. The van der Waals surface area contributed by atoms with Crippen LogP contribution in [-0.4, -0.2) is 42.2 Å². The number of anilines is 3. The SMILES string of the molecule is Cc1cc(Br)ccc1NC(=O)NC1CCC(Nc2nc(N(C)C)c3ccccc3n2)CC1. The van der Waals surface area contributed by atoms with Crippen LogP contribution < -0.4 is 20.9 Å². The molecule has 32 heavy (non-hydrogen) atoms. The van der Waals surface area contributed by atoms with E-state index in [0.717, 1.165) is 58.1 Å². The molecule has 168 valence electrons. The molecular weight excluding hydrogens is 468 g/mol. The molecule has 2 aromatic carbocycles. The molecule has 0 bridgehead atoms. The summed E-state index contributed by atoms with van der Waals surface area (Å²) in [6.07, 6.45) is 3.74. The minimum absolute atomic E-state index is 0.152. The van der Waals surface area contributed by atoms with Gasteiger partial charge in [-0.25, -0.2) is 9.78 Å². The van der Waals surface area contributed by atoms with E-state index in [1.165, 1.54) is 0 Å². The van der Waals surface area contributed by atoms with Crippen molar-refractivity contribution >= 4 is 50.3 Å². The minimum atomic E-state index is -0.152. The van der Waals surface area contributed by atoms with E-state index in [4.69, 9.17) is 9.97 Å². The molecule has 4 rings (SSSR count). The van der Waals surface area contributed by atoms with E-state index in [9.17, 15) is 4.79 Å². The molecule has 8 heteroatoms. The monoisotopic (exact) mass is 496 g/mol. The van der Waals surface area contributed by atoms with Gasteiger partial charge in [-0.1, -0.05) is 28.1 Å². The van der Waals surface area contributed by atoms with Crippen LogP contribution in [0.15, 0.2) is 46.9 Å². The zero-order chi connectivity index (χ0) is 22.7. The van der Waals surface area contributed by atoms with Crippen molar-refractivity contribution in [3.8, 4) is 0 Å². The largest absolute Gasteiger partial charge is 0.362 e. The molecule has 1 aliphatic carbocycles. The number of aryl methyl sites for hydroxylation is 1. The Morgan fingerprint density at radius 3 is 2.47 bits per heavy atom. The summed E-state index contributed by atoms with van der Waals surface area (Å²) in [7, 11) is 3.99. The van der Waals surface area contributed by atoms with Crippen molar-refractivity contribution in [3.63, 3.8) is 0 Å². The second-order valence-electron chi connectivity index (χ2n) is 8.53. The Morgan fingerprint density at radius 2 is 1.75 bits per heavy atom. The Morgan fingerprint density at radius 1 is 1.03 bits per heavy atom. The minimum Gasteiger partial charge on any atom is -0.362 e. The fraction of sp³-hybridized carbons (Fsp3) is 0.375. The van der Waals surface area contributed by atoms with E-state index >= 15 is 0 Å². The molecule has 3 N–H and O–H groups in total. The lowest BCUT2D eigenvalue weighted by atomic mass is 9.91. The topological polar surface area (TPSA) is 82.2 Å². The van der Waals surface area contributed by atoms with Gasteiger partial charge in [0.25, 0.3) is 0 Å². The van der Waals surface area contributed by atoms with Gasteiger partial charge < -0.3 is 20.9 Å². The zero-order valence-corrected chi connectivity index (χ0v) is 20.2. The van der Waals surface area contributed by atoms with Crippen molar-refractivity contribution in [1.82, 2.24) is 15.3 Å². The van der Waals surface area contributed by atoms with Gasteiger partial charge in [0, 0.05) is 41.7 Å². The molecule has 1 aromatic heterocycles. The third-order valence-electron chi connectivity index (χ3n) is 5.84. The van der Waals surface area contributed by atoms with Gasteiger partial charge in [0.2, 0.25) is 5.95 Å². The summed E-state index contributed by atoms with van der Waals surface area (Å²) in [6.45, 7) is 1.98. The van der Waals surface area contributed by atoms with Gasteiger partial charge in [0.1, 0.15) is 5.82 Å². The number of aromatic nitrogens is 2. The number of amides is 2. The summed E-state index contributed by atoms with van der Waals surface area (Å²) in [5.41, 5.74) is 2.78. The molecule has 0 radical (unpaired) electrons. The van der Waals surface area contributed by atoms with Gasteiger partial charge in [-0.2, -0.15) is 4.98 Å². The molecule has 0 unspecified atom stereocenters. The second kappa shape index (κ2) is 9.73. The van der Waals surface area contributed by atoms with Gasteiger partial charge in [-0.05, 0) is 68.5 Å². The van der Waals surface area contributed by atoms with Gasteiger partial charge in [0.05, 0.1) is 5.52 Å². The number of para-hydroxylation sites is 1. The van der Waals surface area contributed by atoms with Crippen molar-refractivity contribution in [3.05, 3.63) is 52.5 Å². The summed E-state index contributed by atoms with van der Waals surface area (Å²) in [4.78, 5) is 23.9. The lowest BCUT2D eigenvalue weighted by Crippen LogP contribution is -2.42. The molecule has 1 saturated carbocycles. The van der Waals surface area contributed by atoms with Crippen LogP contribution in [-0.2, 0) is 0 Å². The van der Waals surface area contributed by atoms with Gasteiger partial charge in [0.15, 0.2) is 0 Å². The first kappa shape index (κ1) is 22.3. The molecule has 1 aliphatic rings. The molecule has 3 aromatic rings. The molecule has 0 saturated heterocycles. The number of carbonyl (C=O) groups is 1. The Kier molecular flexibility index (Phi) is 6.79. The smallest absolute Gasteiger partial charge is 0.319 e. The van der Waals surface area contributed by atoms with Crippen LogP contribution in [0.4, 0.5) is 22.2 Å². The quantitative estimate of drug-likeness (QED) is 0.445. The normalized spacial score (nSPS) is 18.2. The van der Waals surface area contributed by atoms with Crippen LogP contribution in [0.3, 0.4) is 0 Å². The maximum atomic E-state index is 12.4. The number of benzene rings is 2. The lowest BCUT2D eigenvalue weighted by Gasteiger charge is -2.30. The van der Waals surface area contributed by atoms with E-state index in [-0.39, 0.29) is 12.1 Å². The predicted molar refractivity (Wildman–Crippen MR) is 135 cm³/mol. The molecule has 0 spiro atoms. The van der Waals surface area contributed by atoms with E-state index in [1.807, 2.05) is 68.4 Å². The summed E-state index contributed by atoms with van der Waals surface area (Å²) < 4.78 is 1.000. The predicted octanol–water partition coefficient (Wildman–Crippen LogP) is 5.31. The van der Waals surface area contributed by atoms with E-state index in [1.54, 1.807) is 0 Å². The van der Waals surface area contributed by atoms with Crippen LogP contribution in [0.5, 0.6) is 0 Å². The highest BCUT2D eigenvalue weighted by molar-refractivity contribution is 9.10. The number of halogens is 1. The van der Waals surface area contributed by atoms with Gasteiger partial charge >= 0.3 is 6.03 Å². The summed E-state index contributed by atoms with van der Waals surface area (Å²) in [5.74, 6) is 1.57. The molecule has 7 nitrogen and oxygen atoms in total. The number of nitrogens with one attached hydrogen (secondary N) is 3. The molecular formula is C24H29BrN6O. The maximum absolute atomic E-state index is 12.4. The van der Waals surface area contributed by atoms with Gasteiger partial charge in [-0.15, -0.1) is 0 Å². The third-order valence-corrected chi connectivity index (χ3v) is 6.33. The van der Waals surface area contributed by atoms with Crippen LogP contribution >= 0.6 is 15.9 Å². The highest BCUT2D eigenvalue weighted by Gasteiger charge is 2.23. The van der Waals surface area contributed by atoms with Crippen LogP contribution in [0.1, 0.15) is 31.2 Å². The average molecular weight is 497 g/mol. The van der Waals surface area contributed by atoms with E-state index in [2.05, 4.69) is 31.9 Å². The first-order valence-electron chi connectivity index (χ1n) is 10.9. The Labute approximate surface area is 197 Å². The Balaban J connectivity index is 1.32. The van der Waals surface area contributed by atoms with E-state index in [0.29, 0.717) is 12.0 Å². The van der Waals surface area contributed by atoms with Crippen LogP contribution in [0.25, 0.3) is 10.9 Å². The number of hydrogen-bond acceptors (Lipinski definition) is 5. The lowest BCUT2D eigenvalue weighted by molar-refractivity contribution is 0.243. The molecule has 1 fully saturated rings. The van der Waals surface area contributed by atoms with E-state index < -0.39 is 0 Å². The molecule has 2 amide bonds. The number of carbonyl (C=O) groups excluding carboxylic acids is 1. The van der Waals surface area contributed by atoms with Crippen LogP contribution in [0, 0.1) is 6.92 Å². The third kappa shape index (κ3) is 5.30. The summed E-state index contributed by atoms with van der Waals surface area (Å²) in [5, 5.41) is 10.6. The Bertz CT molecular complexity index is 1110. The highest BCUT2D eigenvalue weighted by Crippen LogP contribution is 2.26. The number of nitrogens with zero attached hydrogens (tertiary/aromatic N) is 3. The first-order chi connectivity index (χ1) is 15.4. The Hall–Kier alpha value is -2.87. The average Bonchev–Trinajstić information content (AvgIpc) is 2.76. The number of fused-ring (bicyclic) bond motifs is 1. The highest BCUT2D eigenvalue weighted by atomic mass is 79.9. The second-order valence-corrected chi connectivity index (χ2v) is 9.45. The molecule has 1 heterocycles. The number of hydrogen-bond donors (Lipinski definition) is 3.